The second-order valence-electron chi connectivity index (χ2n) is 4.03. The summed E-state index contributed by atoms with van der Waals surface area (Å²) >= 11 is 0. The fourth-order valence-corrected chi connectivity index (χ4v) is 1.50. The number of rotatable bonds is 5. The van der Waals surface area contributed by atoms with E-state index in [1.807, 2.05) is 17.8 Å². The summed E-state index contributed by atoms with van der Waals surface area (Å²) in [6, 6.07) is 0.129. The molecule has 1 N–H and O–H groups in total. The molecule has 1 amide bonds. The van der Waals surface area contributed by atoms with E-state index in [4.69, 9.17) is 0 Å². The first-order valence-electron chi connectivity index (χ1n) is 5.47. The molecule has 5 heteroatoms. The van der Waals surface area contributed by atoms with Crippen LogP contribution in [0.4, 0.5) is 0 Å². The lowest BCUT2D eigenvalue weighted by atomic mass is 10.2. The van der Waals surface area contributed by atoms with Gasteiger partial charge in [0.25, 0.3) is 0 Å². The number of imidazole rings is 1. The molecule has 0 aliphatic heterocycles. The number of amides is 1. The maximum Gasteiger partial charge on any atom is 0.236 e. The van der Waals surface area contributed by atoms with Gasteiger partial charge in [0.1, 0.15) is 5.82 Å². The molecule has 0 spiro atoms. The molecule has 0 saturated heterocycles. The van der Waals surface area contributed by atoms with Gasteiger partial charge in [0.15, 0.2) is 0 Å². The minimum absolute atomic E-state index is 0.0765. The number of nitrogens with one attached hydrogen (secondary N) is 1. The molecular weight excluding hydrogens is 204 g/mol. The van der Waals surface area contributed by atoms with E-state index < -0.39 is 0 Å². The Balaban J connectivity index is 2.57. The Hall–Kier alpha value is -1.36. The van der Waals surface area contributed by atoms with Crippen LogP contribution in [0.1, 0.15) is 25.2 Å². The molecule has 1 rings (SSSR count). The van der Waals surface area contributed by atoms with Crippen molar-refractivity contribution in [3.63, 3.8) is 0 Å². The molecule has 1 unspecified atom stereocenters. The third-order valence-corrected chi connectivity index (χ3v) is 2.58. The van der Waals surface area contributed by atoms with E-state index in [2.05, 4.69) is 17.2 Å². The molecule has 0 aliphatic carbocycles. The van der Waals surface area contributed by atoms with E-state index in [-0.39, 0.29) is 11.9 Å². The normalized spacial score (nSPS) is 12.5. The second kappa shape index (κ2) is 5.65. The summed E-state index contributed by atoms with van der Waals surface area (Å²) < 4.78 is 1.97. The molecule has 0 aromatic carbocycles. The molecule has 0 bridgehead atoms. The Bertz CT molecular complexity index is 346. The van der Waals surface area contributed by atoms with E-state index in [9.17, 15) is 4.79 Å². The van der Waals surface area contributed by atoms with Gasteiger partial charge >= 0.3 is 0 Å². The molecule has 1 atom stereocenters. The monoisotopic (exact) mass is 224 g/mol. The van der Waals surface area contributed by atoms with E-state index in [0.717, 1.165) is 12.2 Å². The summed E-state index contributed by atoms with van der Waals surface area (Å²) in [6.07, 6.45) is 4.59. The third kappa shape index (κ3) is 3.06. The van der Waals surface area contributed by atoms with Gasteiger partial charge in [0.2, 0.25) is 5.91 Å². The predicted octanol–water partition coefficient (Wildman–Crippen LogP) is 0.549. The molecule has 0 aliphatic rings. The van der Waals surface area contributed by atoms with Crippen molar-refractivity contribution in [2.75, 3.05) is 20.6 Å². The molecule has 1 heterocycles. The Morgan fingerprint density at radius 3 is 2.75 bits per heavy atom. The number of carbonyl (C=O) groups is 1. The van der Waals surface area contributed by atoms with Crippen LogP contribution in [0.5, 0.6) is 0 Å². The van der Waals surface area contributed by atoms with E-state index in [1.165, 1.54) is 0 Å². The van der Waals surface area contributed by atoms with Crippen molar-refractivity contribution < 1.29 is 4.79 Å². The fraction of sp³-hybridized carbons (Fsp3) is 0.636. The summed E-state index contributed by atoms with van der Waals surface area (Å²) in [7, 11) is 5.47. The van der Waals surface area contributed by atoms with Gasteiger partial charge in [-0.05, 0) is 6.42 Å². The maximum atomic E-state index is 11.5. The Morgan fingerprint density at radius 1 is 1.62 bits per heavy atom. The molecule has 0 radical (unpaired) electrons. The third-order valence-electron chi connectivity index (χ3n) is 2.58. The highest BCUT2D eigenvalue weighted by Crippen LogP contribution is 2.12. The molecule has 1 aromatic rings. The number of nitrogens with zero attached hydrogens (tertiary/aromatic N) is 3. The van der Waals surface area contributed by atoms with Crippen LogP contribution in [0.15, 0.2) is 12.4 Å². The highest BCUT2D eigenvalue weighted by Gasteiger charge is 2.14. The zero-order valence-electron chi connectivity index (χ0n) is 10.4. The van der Waals surface area contributed by atoms with Gasteiger partial charge in [0.05, 0.1) is 12.6 Å². The lowest BCUT2D eigenvalue weighted by Crippen LogP contribution is -2.35. The molecule has 0 fully saturated rings. The lowest BCUT2D eigenvalue weighted by molar-refractivity contribution is -0.127. The van der Waals surface area contributed by atoms with Gasteiger partial charge in [0, 0.05) is 33.5 Å². The Kier molecular flexibility index (Phi) is 4.49. The lowest BCUT2D eigenvalue weighted by Gasteiger charge is -2.18. The first-order valence-corrected chi connectivity index (χ1v) is 5.47. The van der Waals surface area contributed by atoms with E-state index in [1.54, 1.807) is 25.2 Å². The topological polar surface area (TPSA) is 50.2 Å². The van der Waals surface area contributed by atoms with Crippen molar-refractivity contribution in [2.24, 2.45) is 7.05 Å². The minimum atomic E-state index is 0.0765. The highest BCUT2D eigenvalue weighted by atomic mass is 16.2. The molecule has 90 valence electrons. The summed E-state index contributed by atoms with van der Waals surface area (Å²) in [5, 5.41) is 3.22. The Labute approximate surface area is 96.5 Å². The molecule has 5 nitrogen and oxygen atoms in total. The molecule has 1 aromatic heterocycles. The number of aryl methyl sites for hydroxylation is 1. The van der Waals surface area contributed by atoms with E-state index in [0.29, 0.717) is 6.54 Å². The number of carbonyl (C=O) groups excluding carboxylic acids is 1. The average molecular weight is 224 g/mol. The number of hydrogen-bond acceptors (Lipinski definition) is 3. The van der Waals surface area contributed by atoms with Crippen LogP contribution in [0.25, 0.3) is 0 Å². The average Bonchev–Trinajstić information content (AvgIpc) is 2.65. The predicted molar refractivity (Wildman–Crippen MR) is 62.9 cm³/mol. The second-order valence-corrected chi connectivity index (χ2v) is 4.03. The molecule has 0 saturated carbocycles. The minimum Gasteiger partial charge on any atom is -0.348 e. The number of aromatic nitrogens is 2. The summed E-state index contributed by atoms with van der Waals surface area (Å²) in [4.78, 5) is 17.3. The van der Waals surface area contributed by atoms with Crippen LogP contribution in [0, 0.1) is 0 Å². The van der Waals surface area contributed by atoms with Crippen molar-refractivity contribution in [3.05, 3.63) is 18.2 Å². The van der Waals surface area contributed by atoms with Crippen LogP contribution in [-0.2, 0) is 11.8 Å². The van der Waals surface area contributed by atoms with Crippen LogP contribution in [0.3, 0.4) is 0 Å². The molecular formula is C11H20N4O. The zero-order valence-corrected chi connectivity index (χ0v) is 10.4. The van der Waals surface area contributed by atoms with E-state index >= 15 is 0 Å². The largest absolute Gasteiger partial charge is 0.348 e. The van der Waals surface area contributed by atoms with Crippen molar-refractivity contribution in [3.8, 4) is 0 Å². The van der Waals surface area contributed by atoms with Crippen molar-refractivity contribution in [2.45, 2.75) is 19.4 Å². The van der Waals surface area contributed by atoms with Gasteiger partial charge in [-0.2, -0.15) is 0 Å². The van der Waals surface area contributed by atoms with Gasteiger partial charge in [-0.25, -0.2) is 4.98 Å². The van der Waals surface area contributed by atoms with Crippen molar-refractivity contribution in [1.29, 1.82) is 0 Å². The van der Waals surface area contributed by atoms with Crippen molar-refractivity contribution >= 4 is 5.91 Å². The fourth-order valence-electron chi connectivity index (χ4n) is 1.50. The van der Waals surface area contributed by atoms with Crippen LogP contribution >= 0.6 is 0 Å². The van der Waals surface area contributed by atoms with Gasteiger partial charge in [-0.3, -0.25) is 10.1 Å². The summed E-state index contributed by atoms with van der Waals surface area (Å²) in [5.41, 5.74) is 0. The van der Waals surface area contributed by atoms with Crippen LogP contribution < -0.4 is 5.32 Å². The Morgan fingerprint density at radius 2 is 2.31 bits per heavy atom. The summed E-state index contributed by atoms with van der Waals surface area (Å²) in [5.74, 6) is 1.04. The highest BCUT2D eigenvalue weighted by molar-refractivity contribution is 5.77. The van der Waals surface area contributed by atoms with Crippen LogP contribution in [-0.4, -0.2) is 41.0 Å². The number of hydrogen-bond donors (Lipinski definition) is 1. The standard InChI is InChI=1S/C11H20N4O/c1-5-9(11-12-6-7-15(11)4)13-8-10(16)14(2)3/h6-7,9,13H,5,8H2,1-4H3. The number of likely N-dealkylation sites (N-methyl/N-ethyl adjacent to an activating group) is 1. The molecule has 16 heavy (non-hydrogen) atoms. The maximum absolute atomic E-state index is 11.5. The quantitative estimate of drug-likeness (QED) is 0.794. The van der Waals surface area contributed by atoms with Gasteiger partial charge in [-0.1, -0.05) is 6.92 Å². The smallest absolute Gasteiger partial charge is 0.236 e. The SMILES string of the molecule is CCC(NCC(=O)N(C)C)c1nccn1C. The first-order chi connectivity index (χ1) is 7.56. The summed E-state index contributed by atoms with van der Waals surface area (Å²) in [6.45, 7) is 2.42. The van der Waals surface area contributed by atoms with Gasteiger partial charge < -0.3 is 9.47 Å². The first kappa shape index (κ1) is 12.7. The van der Waals surface area contributed by atoms with Crippen molar-refractivity contribution in [1.82, 2.24) is 19.8 Å². The van der Waals surface area contributed by atoms with Gasteiger partial charge in [-0.15, -0.1) is 0 Å². The zero-order chi connectivity index (χ0) is 12.1. The van der Waals surface area contributed by atoms with Crippen LogP contribution in [0.2, 0.25) is 0 Å².